The first-order valence-electron chi connectivity index (χ1n) is 11.7. The summed E-state index contributed by atoms with van der Waals surface area (Å²) in [6.45, 7) is 2.97. The fourth-order valence-corrected chi connectivity index (χ4v) is 5.75. The molecule has 3 saturated carbocycles. The van der Waals surface area contributed by atoms with Gasteiger partial charge in [-0.15, -0.1) is 0 Å². The van der Waals surface area contributed by atoms with Crippen molar-refractivity contribution in [1.82, 2.24) is 9.80 Å². The molecule has 3 fully saturated rings. The number of hydrogen-bond acceptors (Lipinski definition) is 2. The summed E-state index contributed by atoms with van der Waals surface area (Å²) in [5, 5.41) is 0. The number of carbonyl (C=O) groups excluding carboxylic acids is 2. The number of rotatable bonds is 5. The maximum Gasteiger partial charge on any atom is 0.225 e. The summed E-state index contributed by atoms with van der Waals surface area (Å²) in [6, 6.07) is 0.762. The quantitative estimate of drug-likeness (QED) is 0.694. The van der Waals surface area contributed by atoms with Gasteiger partial charge in [0, 0.05) is 37.5 Å². The Morgan fingerprint density at radius 2 is 1.11 bits per heavy atom. The molecule has 0 bridgehead atoms. The summed E-state index contributed by atoms with van der Waals surface area (Å²) in [5.41, 5.74) is 0. The zero-order chi connectivity index (χ0) is 19.2. The Morgan fingerprint density at radius 3 is 1.59 bits per heavy atom. The maximum absolute atomic E-state index is 13.0. The van der Waals surface area contributed by atoms with Crippen molar-refractivity contribution in [3.8, 4) is 0 Å². The lowest BCUT2D eigenvalue weighted by Crippen LogP contribution is -2.49. The van der Waals surface area contributed by atoms with E-state index in [1.807, 2.05) is 7.05 Å². The Morgan fingerprint density at radius 1 is 0.667 bits per heavy atom. The molecular weight excluding hydrogens is 336 g/mol. The number of amides is 2. The van der Waals surface area contributed by atoms with Gasteiger partial charge in [-0.2, -0.15) is 0 Å². The van der Waals surface area contributed by atoms with Gasteiger partial charge in [-0.05, 0) is 58.3 Å². The van der Waals surface area contributed by atoms with Gasteiger partial charge < -0.3 is 9.80 Å². The molecule has 3 aliphatic carbocycles. The minimum absolute atomic E-state index is 0.265. The van der Waals surface area contributed by atoms with E-state index in [2.05, 4.69) is 16.7 Å². The molecule has 154 valence electrons. The molecular formula is C23H40N2O2. The molecule has 0 aromatic heterocycles. The number of carbonyl (C=O) groups is 2. The van der Waals surface area contributed by atoms with Crippen LogP contribution in [0.15, 0.2) is 0 Å². The van der Waals surface area contributed by atoms with E-state index in [-0.39, 0.29) is 11.8 Å². The molecule has 27 heavy (non-hydrogen) atoms. The van der Waals surface area contributed by atoms with Gasteiger partial charge in [0.2, 0.25) is 11.8 Å². The molecule has 0 aromatic rings. The highest BCUT2D eigenvalue weighted by Crippen LogP contribution is 2.32. The summed E-state index contributed by atoms with van der Waals surface area (Å²) in [4.78, 5) is 30.1. The molecule has 0 radical (unpaired) electrons. The van der Waals surface area contributed by atoms with E-state index >= 15 is 0 Å². The summed E-state index contributed by atoms with van der Waals surface area (Å²) >= 11 is 0. The lowest BCUT2D eigenvalue weighted by atomic mass is 9.84. The average Bonchev–Trinajstić information content (AvgIpc) is 2.75. The van der Waals surface area contributed by atoms with Crippen LogP contribution in [0, 0.1) is 11.8 Å². The third-order valence-electron chi connectivity index (χ3n) is 7.53. The standard InChI is InChI=1S/C23H40N2O2/c1-3-25(23(27)19-12-8-5-9-13-19)21-16-14-20(15-17-21)24(2)22(26)18-10-6-4-7-11-18/h18-21H,3-17H2,1-2H3. The van der Waals surface area contributed by atoms with Crippen molar-refractivity contribution in [2.24, 2.45) is 11.8 Å². The first kappa shape index (κ1) is 20.7. The van der Waals surface area contributed by atoms with Crippen LogP contribution in [0.2, 0.25) is 0 Å². The van der Waals surface area contributed by atoms with Crippen LogP contribution >= 0.6 is 0 Å². The molecule has 0 spiro atoms. The lowest BCUT2D eigenvalue weighted by molar-refractivity contribution is -0.142. The Labute approximate surface area is 166 Å². The van der Waals surface area contributed by atoms with Gasteiger partial charge in [0.15, 0.2) is 0 Å². The molecule has 0 saturated heterocycles. The third kappa shape index (κ3) is 5.06. The van der Waals surface area contributed by atoms with Crippen molar-refractivity contribution in [2.75, 3.05) is 13.6 Å². The van der Waals surface area contributed by atoms with E-state index in [4.69, 9.17) is 0 Å². The zero-order valence-electron chi connectivity index (χ0n) is 17.6. The van der Waals surface area contributed by atoms with Crippen molar-refractivity contribution in [3.63, 3.8) is 0 Å². The second-order valence-electron chi connectivity index (χ2n) is 9.21. The van der Waals surface area contributed by atoms with Gasteiger partial charge in [-0.25, -0.2) is 0 Å². The summed E-state index contributed by atoms with van der Waals surface area (Å²) in [7, 11) is 2.02. The Bertz CT molecular complexity index is 487. The van der Waals surface area contributed by atoms with Gasteiger partial charge in [-0.1, -0.05) is 38.5 Å². The van der Waals surface area contributed by atoms with Crippen LogP contribution in [0.25, 0.3) is 0 Å². The van der Waals surface area contributed by atoms with Gasteiger partial charge >= 0.3 is 0 Å². The Hall–Kier alpha value is -1.06. The SMILES string of the molecule is CCN(C(=O)C1CCCCC1)C1CCC(N(C)C(=O)C2CCCCC2)CC1. The molecule has 0 aliphatic heterocycles. The highest BCUT2D eigenvalue weighted by molar-refractivity contribution is 5.79. The van der Waals surface area contributed by atoms with Crippen molar-refractivity contribution in [1.29, 1.82) is 0 Å². The predicted molar refractivity (Wildman–Crippen MR) is 109 cm³/mol. The summed E-state index contributed by atoms with van der Waals surface area (Å²) in [6.07, 6.45) is 16.0. The third-order valence-corrected chi connectivity index (χ3v) is 7.53. The van der Waals surface area contributed by atoms with Crippen LogP contribution in [-0.4, -0.2) is 47.3 Å². The summed E-state index contributed by atoms with van der Waals surface area (Å²) < 4.78 is 0. The second kappa shape index (κ2) is 9.93. The molecule has 4 heteroatoms. The van der Waals surface area contributed by atoms with Crippen LogP contribution < -0.4 is 0 Å². The average molecular weight is 377 g/mol. The Kier molecular flexibility index (Phi) is 7.60. The van der Waals surface area contributed by atoms with Gasteiger partial charge in [-0.3, -0.25) is 9.59 Å². The predicted octanol–water partition coefficient (Wildman–Crippen LogP) is 4.77. The zero-order valence-corrected chi connectivity index (χ0v) is 17.6. The lowest BCUT2D eigenvalue weighted by Gasteiger charge is -2.41. The minimum Gasteiger partial charge on any atom is -0.343 e. The smallest absolute Gasteiger partial charge is 0.225 e. The van der Waals surface area contributed by atoms with Crippen molar-refractivity contribution in [3.05, 3.63) is 0 Å². The molecule has 0 heterocycles. The molecule has 3 aliphatic rings. The molecule has 3 rings (SSSR count). The molecule has 4 nitrogen and oxygen atoms in total. The largest absolute Gasteiger partial charge is 0.343 e. The fraction of sp³-hybridized carbons (Fsp3) is 0.913. The van der Waals surface area contributed by atoms with E-state index in [1.54, 1.807) is 0 Å². The van der Waals surface area contributed by atoms with Gasteiger partial charge in [0.05, 0.1) is 0 Å². The van der Waals surface area contributed by atoms with Crippen LogP contribution in [0.3, 0.4) is 0 Å². The number of nitrogens with zero attached hydrogens (tertiary/aromatic N) is 2. The van der Waals surface area contributed by atoms with Gasteiger partial charge in [0.25, 0.3) is 0 Å². The number of hydrogen-bond donors (Lipinski definition) is 0. The highest BCUT2D eigenvalue weighted by atomic mass is 16.2. The van der Waals surface area contributed by atoms with E-state index in [9.17, 15) is 9.59 Å². The van der Waals surface area contributed by atoms with Crippen LogP contribution in [0.1, 0.15) is 96.8 Å². The highest BCUT2D eigenvalue weighted by Gasteiger charge is 2.35. The molecule has 0 aromatic carbocycles. The first-order valence-corrected chi connectivity index (χ1v) is 11.7. The minimum atomic E-state index is 0.265. The normalized spacial score (nSPS) is 27.9. The van der Waals surface area contributed by atoms with Crippen molar-refractivity contribution in [2.45, 2.75) is 109 Å². The molecule has 0 atom stereocenters. The van der Waals surface area contributed by atoms with E-state index in [0.717, 1.165) is 57.9 Å². The topological polar surface area (TPSA) is 40.6 Å². The maximum atomic E-state index is 13.0. The van der Waals surface area contributed by atoms with Crippen LogP contribution in [0.4, 0.5) is 0 Å². The molecule has 0 unspecified atom stereocenters. The second-order valence-corrected chi connectivity index (χ2v) is 9.21. The summed E-state index contributed by atoms with van der Waals surface area (Å²) in [5.74, 6) is 1.32. The van der Waals surface area contributed by atoms with E-state index < -0.39 is 0 Å². The molecule has 0 N–H and O–H groups in total. The van der Waals surface area contributed by atoms with E-state index in [0.29, 0.717) is 23.9 Å². The van der Waals surface area contributed by atoms with Crippen molar-refractivity contribution < 1.29 is 9.59 Å². The van der Waals surface area contributed by atoms with Crippen LogP contribution in [-0.2, 0) is 9.59 Å². The van der Waals surface area contributed by atoms with E-state index in [1.165, 1.54) is 38.5 Å². The van der Waals surface area contributed by atoms with Crippen LogP contribution in [0.5, 0.6) is 0 Å². The Balaban J connectivity index is 1.50. The van der Waals surface area contributed by atoms with Crippen molar-refractivity contribution >= 4 is 11.8 Å². The monoisotopic (exact) mass is 376 g/mol. The molecule has 2 amide bonds. The fourth-order valence-electron chi connectivity index (χ4n) is 5.75. The first-order chi connectivity index (χ1) is 13.1. The van der Waals surface area contributed by atoms with Gasteiger partial charge in [0.1, 0.15) is 0 Å².